The van der Waals surface area contributed by atoms with Crippen molar-refractivity contribution < 1.29 is 9.53 Å². The van der Waals surface area contributed by atoms with E-state index in [2.05, 4.69) is 4.98 Å². The van der Waals surface area contributed by atoms with Crippen molar-refractivity contribution in [3.8, 4) is 5.75 Å². The molecule has 0 saturated carbocycles. The van der Waals surface area contributed by atoms with E-state index in [9.17, 15) is 4.79 Å². The number of carbonyl (C=O) groups is 1. The normalized spacial score (nSPS) is 10.9. The fourth-order valence-electron chi connectivity index (χ4n) is 1.99. The Labute approximate surface area is 107 Å². The van der Waals surface area contributed by atoms with Gasteiger partial charge in [0.2, 0.25) is 0 Å². The molecular weight excluding hydrogens is 226 g/mol. The summed E-state index contributed by atoms with van der Waals surface area (Å²) in [6.45, 7) is 7.41. The van der Waals surface area contributed by atoms with E-state index in [1.54, 1.807) is 6.92 Å². The molecule has 3 heteroatoms. The molecule has 0 fully saturated rings. The van der Waals surface area contributed by atoms with Gasteiger partial charge in [-0.15, -0.1) is 0 Å². The average Bonchev–Trinajstić information content (AvgIpc) is 2.28. The molecule has 0 amide bonds. The highest BCUT2D eigenvalue weighted by Crippen LogP contribution is 2.28. The summed E-state index contributed by atoms with van der Waals surface area (Å²) in [5, 5.41) is 0.853. The highest BCUT2D eigenvalue weighted by Gasteiger charge is 2.12. The minimum absolute atomic E-state index is 0.0483. The van der Waals surface area contributed by atoms with E-state index >= 15 is 0 Å². The van der Waals surface area contributed by atoms with Gasteiger partial charge < -0.3 is 4.74 Å². The van der Waals surface area contributed by atoms with Gasteiger partial charge in [0.15, 0.2) is 5.78 Å². The van der Waals surface area contributed by atoms with Gasteiger partial charge in [-0.3, -0.25) is 4.79 Å². The second kappa shape index (κ2) is 4.77. The molecule has 0 aliphatic heterocycles. The Balaban J connectivity index is 2.73. The van der Waals surface area contributed by atoms with Crippen LogP contribution in [0.4, 0.5) is 0 Å². The zero-order chi connectivity index (χ0) is 13.3. The molecule has 0 saturated heterocycles. The summed E-state index contributed by atoms with van der Waals surface area (Å²) in [5.41, 5.74) is 2.29. The topological polar surface area (TPSA) is 39.2 Å². The van der Waals surface area contributed by atoms with Crippen molar-refractivity contribution >= 4 is 16.7 Å². The molecule has 0 aliphatic carbocycles. The summed E-state index contributed by atoms with van der Waals surface area (Å²) in [5.74, 6) is 0.779. The third kappa shape index (κ3) is 2.35. The van der Waals surface area contributed by atoms with Crippen molar-refractivity contribution in [2.45, 2.75) is 33.8 Å². The van der Waals surface area contributed by atoms with Crippen LogP contribution in [-0.4, -0.2) is 16.9 Å². The summed E-state index contributed by atoms with van der Waals surface area (Å²) in [6.07, 6.45) is 0.0821. The van der Waals surface area contributed by atoms with Crippen LogP contribution in [0.1, 0.15) is 36.8 Å². The van der Waals surface area contributed by atoms with Crippen LogP contribution in [0.5, 0.6) is 5.75 Å². The van der Waals surface area contributed by atoms with Crippen LogP contribution >= 0.6 is 0 Å². The number of rotatable bonds is 3. The number of ether oxygens (including phenoxy) is 1. The van der Waals surface area contributed by atoms with Crippen LogP contribution in [0.2, 0.25) is 0 Å². The van der Waals surface area contributed by atoms with Crippen LogP contribution < -0.4 is 4.74 Å². The van der Waals surface area contributed by atoms with Gasteiger partial charge in [-0.25, -0.2) is 4.98 Å². The van der Waals surface area contributed by atoms with Crippen molar-refractivity contribution in [2.75, 3.05) is 0 Å². The number of nitrogens with zero attached hydrogens (tertiary/aromatic N) is 1. The average molecular weight is 243 g/mol. The fraction of sp³-hybridized carbons (Fsp3) is 0.333. The molecule has 0 radical (unpaired) electrons. The van der Waals surface area contributed by atoms with Crippen molar-refractivity contribution in [2.24, 2.45) is 0 Å². The van der Waals surface area contributed by atoms with Crippen LogP contribution in [0.15, 0.2) is 24.3 Å². The summed E-state index contributed by atoms with van der Waals surface area (Å²) in [7, 11) is 0. The number of hydrogen-bond acceptors (Lipinski definition) is 3. The van der Waals surface area contributed by atoms with E-state index in [4.69, 9.17) is 4.74 Å². The van der Waals surface area contributed by atoms with Gasteiger partial charge in [-0.05, 0) is 39.8 Å². The highest BCUT2D eigenvalue weighted by atomic mass is 16.5. The number of pyridine rings is 1. The van der Waals surface area contributed by atoms with Gasteiger partial charge in [-0.2, -0.15) is 0 Å². The lowest BCUT2D eigenvalue weighted by molar-refractivity contribution is 0.101. The highest BCUT2D eigenvalue weighted by molar-refractivity contribution is 6.07. The Bertz CT molecular complexity index is 603. The van der Waals surface area contributed by atoms with Crippen LogP contribution in [0.25, 0.3) is 10.9 Å². The van der Waals surface area contributed by atoms with E-state index in [0.717, 1.165) is 22.3 Å². The molecule has 0 aliphatic rings. The van der Waals surface area contributed by atoms with Crippen LogP contribution in [0, 0.1) is 6.92 Å². The van der Waals surface area contributed by atoms with Gasteiger partial charge in [-0.1, -0.05) is 12.1 Å². The van der Waals surface area contributed by atoms with Gasteiger partial charge in [0, 0.05) is 16.6 Å². The third-order valence-corrected chi connectivity index (χ3v) is 2.67. The molecule has 0 bridgehead atoms. The Morgan fingerprint density at radius 1 is 1.33 bits per heavy atom. The lowest BCUT2D eigenvalue weighted by Crippen LogP contribution is -2.07. The minimum atomic E-state index is 0.0483. The number of aryl methyl sites for hydroxylation is 1. The van der Waals surface area contributed by atoms with Crippen molar-refractivity contribution in [1.82, 2.24) is 4.98 Å². The summed E-state index contributed by atoms with van der Waals surface area (Å²) >= 11 is 0. The predicted molar refractivity (Wildman–Crippen MR) is 72.2 cm³/mol. The first-order valence-electron chi connectivity index (χ1n) is 6.07. The third-order valence-electron chi connectivity index (χ3n) is 2.67. The Morgan fingerprint density at radius 2 is 2.06 bits per heavy atom. The first-order valence-corrected chi connectivity index (χ1v) is 6.07. The maximum Gasteiger partial charge on any atom is 0.160 e. The van der Waals surface area contributed by atoms with E-state index in [0.29, 0.717) is 5.56 Å². The van der Waals surface area contributed by atoms with Crippen molar-refractivity contribution in [3.05, 3.63) is 35.5 Å². The number of Topliss-reactive ketones (excluding diaryl/α,β-unsaturated/α-hetero) is 1. The molecule has 0 spiro atoms. The van der Waals surface area contributed by atoms with Gasteiger partial charge >= 0.3 is 0 Å². The molecule has 3 nitrogen and oxygen atoms in total. The zero-order valence-corrected chi connectivity index (χ0v) is 11.2. The number of para-hydroxylation sites is 1. The van der Waals surface area contributed by atoms with Gasteiger partial charge in [0.1, 0.15) is 11.3 Å². The molecule has 94 valence electrons. The minimum Gasteiger partial charge on any atom is -0.489 e. The Hall–Kier alpha value is -1.90. The number of carbonyl (C=O) groups excluding carboxylic acids is 1. The number of hydrogen-bond donors (Lipinski definition) is 0. The van der Waals surface area contributed by atoms with Crippen molar-refractivity contribution in [1.29, 1.82) is 0 Å². The monoisotopic (exact) mass is 243 g/mol. The zero-order valence-electron chi connectivity index (χ0n) is 11.2. The second-order valence-electron chi connectivity index (χ2n) is 4.69. The number of aromatic nitrogens is 1. The Kier molecular flexibility index (Phi) is 3.32. The molecule has 0 unspecified atom stereocenters. The Morgan fingerprint density at radius 3 is 2.67 bits per heavy atom. The van der Waals surface area contributed by atoms with Gasteiger partial charge in [0.25, 0.3) is 0 Å². The van der Waals surface area contributed by atoms with E-state index in [1.165, 1.54) is 0 Å². The maximum atomic E-state index is 11.7. The van der Waals surface area contributed by atoms with E-state index in [1.807, 2.05) is 45.0 Å². The van der Waals surface area contributed by atoms with Crippen LogP contribution in [0.3, 0.4) is 0 Å². The molecule has 0 atom stereocenters. The summed E-state index contributed by atoms with van der Waals surface area (Å²) in [4.78, 5) is 16.2. The van der Waals surface area contributed by atoms with E-state index in [-0.39, 0.29) is 11.9 Å². The standard InChI is InChI=1S/C15H17NO2/c1-9(2)18-14-7-5-6-12-13(11(4)17)8-10(3)16-15(12)14/h5-9H,1-4H3. The molecule has 2 rings (SSSR count). The lowest BCUT2D eigenvalue weighted by atomic mass is 10.0. The summed E-state index contributed by atoms with van der Waals surface area (Å²) < 4.78 is 5.74. The molecule has 0 N–H and O–H groups in total. The quantitative estimate of drug-likeness (QED) is 0.774. The molecule has 18 heavy (non-hydrogen) atoms. The molecule has 1 aromatic heterocycles. The number of ketones is 1. The smallest absolute Gasteiger partial charge is 0.160 e. The predicted octanol–water partition coefficient (Wildman–Crippen LogP) is 3.53. The molecule has 2 aromatic rings. The maximum absolute atomic E-state index is 11.7. The van der Waals surface area contributed by atoms with Crippen LogP contribution in [-0.2, 0) is 0 Å². The number of benzene rings is 1. The van der Waals surface area contributed by atoms with Crippen molar-refractivity contribution in [3.63, 3.8) is 0 Å². The second-order valence-corrected chi connectivity index (χ2v) is 4.69. The molecule has 1 aromatic carbocycles. The molecular formula is C15H17NO2. The number of fused-ring (bicyclic) bond motifs is 1. The van der Waals surface area contributed by atoms with Gasteiger partial charge in [0.05, 0.1) is 6.10 Å². The largest absolute Gasteiger partial charge is 0.489 e. The lowest BCUT2D eigenvalue weighted by Gasteiger charge is -2.13. The first-order chi connectivity index (χ1) is 8.49. The fourth-order valence-corrected chi connectivity index (χ4v) is 1.99. The van der Waals surface area contributed by atoms with E-state index < -0.39 is 0 Å². The molecule has 1 heterocycles. The summed E-state index contributed by atoms with van der Waals surface area (Å²) in [6, 6.07) is 7.51. The first kappa shape index (κ1) is 12.6. The SMILES string of the molecule is CC(=O)c1cc(C)nc2c(OC(C)C)cccc12.